The van der Waals surface area contributed by atoms with Gasteiger partial charge in [-0.1, -0.05) is 38.0 Å². The molecule has 0 atom stereocenters. The Bertz CT molecular complexity index is 205. The largest absolute Gasteiger partial charge is 0.378 e. The first kappa shape index (κ1) is 13.3. The molecule has 0 aromatic carbocycles. The van der Waals surface area contributed by atoms with E-state index in [0.717, 1.165) is 32.7 Å². The fourth-order valence-corrected chi connectivity index (χ4v) is 1.74. The smallest absolute Gasteiger partial charge is 0.0642 e. The average molecular weight is 223 g/mol. The van der Waals surface area contributed by atoms with Gasteiger partial charge in [0.2, 0.25) is 0 Å². The minimum absolute atomic E-state index is 0.872. The standard InChI is InChI=1S/C14H25NO/c1-2-3-4-5-6-7-8-9-10-15-11-13-16-14-12-15/h6-7,9-10H,2-5,8,11-14H2,1H3/b7-6-,10-9+. The molecule has 1 fully saturated rings. The Kier molecular flexibility index (Phi) is 7.87. The van der Waals surface area contributed by atoms with Crippen LogP contribution in [0.25, 0.3) is 0 Å². The maximum Gasteiger partial charge on any atom is 0.0642 e. The molecule has 1 saturated heterocycles. The summed E-state index contributed by atoms with van der Waals surface area (Å²) in [5, 5.41) is 0. The number of hydrogen-bond donors (Lipinski definition) is 0. The van der Waals surface area contributed by atoms with Crippen LogP contribution in [0.1, 0.15) is 39.0 Å². The van der Waals surface area contributed by atoms with E-state index in [1.807, 2.05) is 0 Å². The molecule has 1 aliphatic heterocycles. The lowest BCUT2D eigenvalue weighted by Gasteiger charge is -2.24. The summed E-state index contributed by atoms with van der Waals surface area (Å²) < 4.78 is 5.29. The summed E-state index contributed by atoms with van der Waals surface area (Å²) in [7, 11) is 0. The average Bonchev–Trinajstić information content (AvgIpc) is 2.34. The summed E-state index contributed by atoms with van der Waals surface area (Å²) in [5.41, 5.74) is 0. The highest BCUT2D eigenvalue weighted by Gasteiger charge is 2.03. The summed E-state index contributed by atoms with van der Waals surface area (Å²) in [6, 6.07) is 0. The molecule has 0 aromatic heterocycles. The van der Waals surface area contributed by atoms with Crippen LogP contribution in [0.15, 0.2) is 24.4 Å². The van der Waals surface area contributed by atoms with Crippen LogP contribution in [0.4, 0.5) is 0 Å². The Morgan fingerprint density at radius 2 is 1.88 bits per heavy atom. The van der Waals surface area contributed by atoms with Crippen molar-refractivity contribution in [2.75, 3.05) is 26.3 Å². The quantitative estimate of drug-likeness (QED) is 0.485. The first-order valence-electron chi connectivity index (χ1n) is 6.57. The Morgan fingerprint density at radius 1 is 1.06 bits per heavy atom. The molecule has 2 nitrogen and oxygen atoms in total. The number of ether oxygens (including phenoxy) is 1. The van der Waals surface area contributed by atoms with Crippen molar-refractivity contribution in [3.05, 3.63) is 24.4 Å². The van der Waals surface area contributed by atoms with E-state index in [0.29, 0.717) is 0 Å². The van der Waals surface area contributed by atoms with E-state index in [9.17, 15) is 0 Å². The van der Waals surface area contributed by atoms with Crippen LogP contribution >= 0.6 is 0 Å². The van der Waals surface area contributed by atoms with E-state index >= 15 is 0 Å². The van der Waals surface area contributed by atoms with E-state index < -0.39 is 0 Å². The molecule has 0 amide bonds. The van der Waals surface area contributed by atoms with Crippen molar-refractivity contribution in [1.82, 2.24) is 4.90 Å². The first-order chi connectivity index (χ1) is 7.93. The zero-order valence-electron chi connectivity index (χ0n) is 10.5. The normalized spacial score (nSPS) is 17.7. The van der Waals surface area contributed by atoms with Gasteiger partial charge in [0.15, 0.2) is 0 Å². The summed E-state index contributed by atoms with van der Waals surface area (Å²) in [5.74, 6) is 0. The molecule has 16 heavy (non-hydrogen) atoms. The zero-order chi connectivity index (χ0) is 11.5. The number of hydrogen-bond acceptors (Lipinski definition) is 2. The molecule has 0 N–H and O–H groups in total. The van der Waals surface area contributed by atoms with Crippen LogP contribution in [-0.2, 0) is 4.74 Å². The molecule has 0 aromatic rings. The van der Waals surface area contributed by atoms with Gasteiger partial charge in [-0.05, 0) is 25.5 Å². The molecule has 0 unspecified atom stereocenters. The Balaban J connectivity index is 1.98. The van der Waals surface area contributed by atoms with Crippen LogP contribution in [0, 0.1) is 0 Å². The van der Waals surface area contributed by atoms with E-state index in [-0.39, 0.29) is 0 Å². The molecule has 0 aliphatic carbocycles. The van der Waals surface area contributed by atoms with Crippen LogP contribution in [0.5, 0.6) is 0 Å². The number of nitrogens with zero attached hydrogens (tertiary/aromatic N) is 1. The van der Waals surface area contributed by atoms with Crippen molar-refractivity contribution in [2.45, 2.75) is 39.0 Å². The zero-order valence-corrected chi connectivity index (χ0v) is 10.5. The lowest BCUT2D eigenvalue weighted by Crippen LogP contribution is -2.31. The maximum atomic E-state index is 5.29. The summed E-state index contributed by atoms with van der Waals surface area (Å²) in [4.78, 5) is 2.33. The second-order valence-electron chi connectivity index (χ2n) is 4.24. The number of morpholine rings is 1. The molecular formula is C14H25NO. The number of allylic oxidation sites excluding steroid dienone is 3. The monoisotopic (exact) mass is 223 g/mol. The van der Waals surface area contributed by atoms with E-state index in [2.05, 4.69) is 36.3 Å². The van der Waals surface area contributed by atoms with Crippen LogP contribution in [0.2, 0.25) is 0 Å². The predicted molar refractivity (Wildman–Crippen MR) is 69.4 cm³/mol. The highest BCUT2D eigenvalue weighted by molar-refractivity contribution is 4.93. The second-order valence-corrected chi connectivity index (χ2v) is 4.24. The molecule has 1 heterocycles. The van der Waals surface area contributed by atoms with Gasteiger partial charge in [0, 0.05) is 13.1 Å². The highest BCUT2D eigenvalue weighted by atomic mass is 16.5. The molecule has 1 aliphatic rings. The highest BCUT2D eigenvalue weighted by Crippen LogP contribution is 2.01. The van der Waals surface area contributed by atoms with Crippen LogP contribution in [-0.4, -0.2) is 31.2 Å². The lowest BCUT2D eigenvalue weighted by molar-refractivity contribution is 0.0593. The fraction of sp³-hybridized carbons (Fsp3) is 0.714. The molecule has 1 rings (SSSR count). The minimum Gasteiger partial charge on any atom is -0.378 e. The van der Waals surface area contributed by atoms with Gasteiger partial charge in [-0.2, -0.15) is 0 Å². The van der Waals surface area contributed by atoms with E-state index in [1.54, 1.807) is 0 Å². The Hall–Kier alpha value is -0.760. The van der Waals surface area contributed by atoms with Gasteiger partial charge in [-0.3, -0.25) is 0 Å². The van der Waals surface area contributed by atoms with Gasteiger partial charge >= 0.3 is 0 Å². The van der Waals surface area contributed by atoms with Crippen molar-refractivity contribution in [1.29, 1.82) is 0 Å². The Labute approximate surface area is 100.0 Å². The molecule has 0 saturated carbocycles. The topological polar surface area (TPSA) is 12.5 Å². The van der Waals surface area contributed by atoms with Gasteiger partial charge in [0.25, 0.3) is 0 Å². The second kappa shape index (κ2) is 9.46. The van der Waals surface area contributed by atoms with Crippen molar-refractivity contribution in [3.8, 4) is 0 Å². The van der Waals surface area contributed by atoms with Gasteiger partial charge < -0.3 is 9.64 Å². The third-order valence-corrected chi connectivity index (χ3v) is 2.78. The molecule has 2 heteroatoms. The third-order valence-electron chi connectivity index (χ3n) is 2.78. The summed E-state index contributed by atoms with van der Waals surface area (Å²) >= 11 is 0. The lowest BCUT2D eigenvalue weighted by atomic mass is 10.2. The summed E-state index contributed by atoms with van der Waals surface area (Å²) in [6.07, 6.45) is 15.3. The van der Waals surface area contributed by atoms with E-state index in [4.69, 9.17) is 4.74 Å². The fourth-order valence-electron chi connectivity index (χ4n) is 1.74. The van der Waals surface area contributed by atoms with Gasteiger partial charge in [0.1, 0.15) is 0 Å². The minimum atomic E-state index is 0.872. The first-order valence-corrected chi connectivity index (χ1v) is 6.57. The van der Waals surface area contributed by atoms with Gasteiger partial charge in [-0.25, -0.2) is 0 Å². The van der Waals surface area contributed by atoms with Crippen molar-refractivity contribution in [3.63, 3.8) is 0 Å². The molecule has 0 bridgehead atoms. The molecule has 0 radical (unpaired) electrons. The van der Waals surface area contributed by atoms with Crippen molar-refractivity contribution in [2.24, 2.45) is 0 Å². The van der Waals surface area contributed by atoms with E-state index in [1.165, 1.54) is 25.7 Å². The van der Waals surface area contributed by atoms with Crippen LogP contribution < -0.4 is 0 Å². The SMILES string of the molecule is CCCCC/C=C\C/C=C/N1CCOCC1. The molecular weight excluding hydrogens is 198 g/mol. The van der Waals surface area contributed by atoms with Gasteiger partial charge in [0.05, 0.1) is 13.2 Å². The number of rotatable bonds is 7. The molecule has 0 spiro atoms. The Morgan fingerprint density at radius 3 is 2.62 bits per heavy atom. The van der Waals surface area contributed by atoms with Crippen molar-refractivity contribution >= 4 is 0 Å². The maximum absolute atomic E-state index is 5.29. The van der Waals surface area contributed by atoms with Crippen molar-refractivity contribution < 1.29 is 4.74 Å². The number of unbranched alkanes of at least 4 members (excludes halogenated alkanes) is 3. The van der Waals surface area contributed by atoms with Crippen LogP contribution in [0.3, 0.4) is 0 Å². The van der Waals surface area contributed by atoms with Gasteiger partial charge in [-0.15, -0.1) is 0 Å². The predicted octanol–water partition coefficient (Wildman–Crippen LogP) is 3.36. The summed E-state index contributed by atoms with van der Waals surface area (Å²) in [6.45, 7) is 6.07. The third kappa shape index (κ3) is 6.67. The molecule has 92 valence electrons.